The normalized spacial score (nSPS) is 13.8. The molecular formula is C10H12N2O3. The quantitative estimate of drug-likeness (QED) is 0.725. The zero-order chi connectivity index (χ0) is 11.5. The van der Waals surface area contributed by atoms with Crippen LogP contribution in [-0.4, -0.2) is 29.3 Å². The van der Waals surface area contributed by atoms with Crippen LogP contribution in [0.3, 0.4) is 0 Å². The maximum absolute atomic E-state index is 9.80. The summed E-state index contributed by atoms with van der Waals surface area (Å²) in [6.45, 7) is 1.45. The van der Waals surface area contributed by atoms with Crippen LogP contribution in [0.2, 0.25) is 0 Å². The second-order valence-electron chi connectivity index (χ2n) is 3.00. The van der Waals surface area contributed by atoms with Gasteiger partial charge in [0.1, 0.15) is 0 Å². The van der Waals surface area contributed by atoms with Crippen LogP contribution in [-0.2, 0) is 5.60 Å². The van der Waals surface area contributed by atoms with Gasteiger partial charge in [-0.1, -0.05) is 5.92 Å². The SMILES string of the molecule is C#C[C@@](C)(O)c1cc(OC)nc(OC)n1. The number of hydrogen-bond donors (Lipinski definition) is 1. The van der Waals surface area contributed by atoms with Gasteiger partial charge in [0.2, 0.25) is 5.88 Å². The molecule has 1 aromatic heterocycles. The van der Waals surface area contributed by atoms with Gasteiger partial charge in [0.25, 0.3) is 0 Å². The molecule has 5 heteroatoms. The fraction of sp³-hybridized carbons (Fsp3) is 0.400. The molecule has 0 bridgehead atoms. The Hall–Kier alpha value is -1.80. The molecule has 0 fully saturated rings. The molecule has 5 nitrogen and oxygen atoms in total. The maximum atomic E-state index is 9.80. The second-order valence-corrected chi connectivity index (χ2v) is 3.00. The van der Waals surface area contributed by atoms with Crippen molar-refractivity contribution in [1.29, 1.82) is 0 Å². The Morgan fingerprint density at radius 1 is 1.40 bits per heavy atom. The predicted molar refractivity (Wildman–Crippen MR) is 53.5 cm³/mol. The Morgan fingerprint density at radius 2 is 2.07 bits per heavy atom. The van der Waals surface area contributed by atoms with Gasteiger partial charge in [-0.3, -0.25) is 0 Å². The smallest absolute Gasteiger partial charge is 0.319 e. The number of aliphatic hydroxyl groups is 1. The highest BCUT2D eigenvalue weighted by atomic mass is 16.5. The van der Waals surface area contributed by atoms with E-state index in [0.29, 0.717) is 0 Å². The van der Waals surface area contributed by atoms with E-state index in [0.717, 1.165) is 0 Å². The summed E-state index contributed by atoms with van der Waals surface area (Å²) in [6, 6.07) is 1.56. The summed E-state index contributed by atoms with van der Waals surface area (Å²) in [4.78, 5) is 7.82. The zero-order valence-electron chi connectivity index (χ0n) is 8.81. The summed E-state index contributed by atoms with van der Waals surface area (Å²) in [5.41, 5.74) is -1.21. The first kappa shape index (κ1) is 11.3. The maximum Gasteiger partial charge on any atom is 0.319 e. The molecule has 0 saturated carbocycles. The summed E-state index contributed by atoms with van der Waals surface area (Å²) < 4.78 is 9.78. The first-order valence-corrected chi connectivity index (χ1v) is 4.21. The van der Waals surface area contributed by atoms with Crippen LogP contribution >= 0.6 is 0 Å². The molecule has 1 aromatic rings. The molecule has 1 N–H and O–H groups in total. The van der Waals surface area contributed by atoms with Gasteiger partial charge in [-0.2, -0.15) is 9.97 Å². The summed E-state index contributed by atoms with van der Waals surface area (Å²) in [5.74, 6) is 2.50. The van der Waals surface area contributed by atoms with Gasteiger partial charge in [-0.05, 0) is 6.92 Å². The van der Waals surface area contributed by atoms with Gasteiger partial charge >= 0.3 is 6.01 Å². The third kappa shape index (κ3) is 2.36. The molecule has 0 spiro atoms. The Morgan fingerprint density at radius 3 is 2.53 bits per heavy atom. The number of methoxy groups -OCH3 is 2. The van der Waals surface area contributed by atoms with Crippen LogP contribution < -0.4 is 9.47 Å². The molecule has 80 valence electrons. The Labute approximate surface area is 88.1 Å². The summed E-state index contributed by atoms with van der Waals surface area (Å²) in [7, 11) is 2.87. The molecule has 0 saturated heterocycles. The van der Waals surface area contributed by atoms with Crippen molar-refractivity contribution in [2.45, 2.75) is 12.5 Å². The number of nitrogens with zero attached hydrogens (tertiary/aromatic N) is 2. The minimum Gasteiger partial charge on any atom is -0.481 e. The molecule has 15 heavy (non-hydrogen) atoms. The van der Waals surface area contributed by atoms with Crippen molar-refractivity contribution in [3.63, 3.8) is 0 Å². The van der Waals surface area contributed by atoms with Crippen molar-refractivity contribution in [2.75, 3.05) is 14.2 Å². The highest BCUT2D eigenvalue weighted by Gasteiger charge is 2.23. The van der Waals surface area contributed by atoms with E-state index < -0.39 is 5.60 Å². The Balaban J connectivity index is 3.25. The topological polar surface area (TPSA) is 64.5 Å². The van der Waals surface area contributed by atoms with Gasteiger partial charge in [0, 0.05) is 6.07 Å². The van der Waals surface area contributed by atoms with Crippen LogP contribution in [0.25, 0.3) is 0 Å². The number of terminal acetylenes is 1. The molecule has 0 amide bonds. The van der Waals surface area contributed by atoms with E-state index >= 15 is 0 Å². The molecule has 1 heterocycles. The third-order valence-corrected chi connectivity index (χ3v) is 1.85. The monoisotopic (exact) mass is 208 g/mol. The minimum atomic E-state index is -1.47. The lowest BCUT2D eigenvalue weighted by Gasteiger charge is -2.16. The lowest BCUT2D eigenvalue weighted by molar-refractivity contribution is 0.115. The number of ether oxygens (including phenoxy) is 2. The largest absolute Gasteiger partial charge is 0.481 e. The lowest BCUT2D eigenvalue weighted by Crippen LogP contribution is -2.20. The predicted octanol–water partition coefficient (Wildman–Crippen LogP) is 0.334. The average molecular weight is 208 g/mol. The molecule has 1 atom stereocenters. The van der Waals surface area contributed by atoms with Crippen LogP contribution in [0.5, 0.6) is 11.9 Å². The number of hydrogen-bond acceptors (Lipinski definition) is 5. The fourth-order valence-corrected chi connectivity index (χ4v) is 0.923. The molecule has 0 unspecified atom stereocenters. The van der Waals surface area contributed by atoms with Crippen LogP contribution in [0.4, 0.5) is 0 Å². The van der Waals surface area contributed by atoms with E-state index in [4.69, 9.17) is 15.9 Å². The van der Waals surface area contributed by atoms with E-state index in [-0.39, 0.29) is 17.6 Å². The zero-order valence-corrected chi connectivity index (χ0v) is 8.81. The van der Waals surface area contributed by atoms with Gasteiger partial charge in [-0.15, -0.1) is 6.42 Å². The molecule has 0 aliphatic rings. The van der Waals surface area contributed by atoms with Crippen LogP contribution in [0.1, 0.15) is 12.6 Å². The van der Waals surface area contributed by atoms with Crippen LogP contribution in [0, 0.1) is 12.3 Å². The second kappa shape index (κ2) is 4.15. The molecule has 0 aliphatic heterocycles. The summed E-state index contributed by atoms with van der Waals surface area (Å²) in [5, 5.41) is 9.80. The van der Waals surface area contributed by atoms with Gasteiger partial charge < -0.3 is 14.6 Å². The molecule has 0 radical (unpaired) electrons. The number of rotatable bonds is 3. The third-order valence-electron chi connectivity index (χ3n) is 1.85. The Bertz CT molecular complexity index is 374. The standard InChI is InChI=1S/C10H12N2O3/c1-5-10(2,13)7-6-8(14-3)12-9(11-7)15-4/h1,6,13H,2-4H3/t10-/m1/s1. The number of aromatic nitrogens is 2. The fourth-order valence-electron chi connectivity index (χ4n) is 0.923. The first-order valence-electron chi connectivity index (χ1n) is 4.21. The first-order chi connectivity index (χ1) is 7.03. The van der Waals surface area contributed by atoms with Crippen molar-refractivity contribution in [3.8, 4) is 24.2 Å². The van der Waals surface area contributed by atoms with Crippen molar-refractivity contribution >= 4 is 0 Å². The minimum absolute atomic E-state index is 0.0971. The van der Waals surface area contributed by atoms with E-state index in [2.05, 4.69) is 15.9 Å². The van der Waals surface area contributed by atoms with Crippen molar-refractivity contribution in [1.82, 2.24) is 9.97 Å². The summed E-state index contributed by atoms with van der Waals surface area (Å²) in [6.07, 6.45) is 5.18. The van der Waals surface area contributed by atoms with Crippen molar-refractivity contribution in [2.24, 2.45) is 0 Å². The highest BCUT2D eigenvalue weighted by molar-refractivity contribution is 5.28. The van der Waals surface area contributed by atoms with Gasteiger partial charge in [-0.25, -0.2) is 0 Å². The van der Waals surface area contributed by atoms with E-state index in [1.54, 1.807) is 0 Å². The summed E-state index contributed by atoms with van der Waals surface area (Å²) >= 11 is 0. The average Bonchev–Trinajstić information content (AvgIpc) is 2.28. The van der Waals surface area contributed by atoms with Gasteiger partial charge in [0.15, 0.2) is 5.60 Å². The van der Waals surface area contributed by atoms with E-state index in [1.807, 2.05) is 0 Å². The van der Waals surface area contributed by atoms with E-state index in [1.165, 1.54) is 27.2 Å². The van der Waals surface area contributed by atoms with Crippen molar-refractivity contribution in [3.05, 3.63) is 11.8 Å². The molecule has 1 rings (SSSR count). The molecule has 0 aliphatic carbocycles. The molecular weight excluding hydrogens is 196 g/mol. The van der Waals surface area contributed by atoms with Crippen molar-refractivity contribution < 1.29 is 14.6 Å². The molecule has 0 aromatic carbocycles. The van der Waals surface area contributed by atoms with Gasteiger partial charge in [0.05, 0.1) is 19.9 Å². The highest BCUT2D eigenvalue weighted by Crippen LogP contribution is 2.22. The Kier molecular flexibility index (Phi) is 3.12. The lowest BCUT2D eigenvalue weighted by atomic mass is 10.0. The van der Waals surface area contributed by atoms with E-state index in [9.17, 15) is 5.11 Å². The van der Waals surface area contributed by atoms with Crippen LogP contribution in [0.15, 0.2) is 6.07 Å².